The quantitative estimate of drug-likeness (QED) is 0.600. The SMILES string of the molecule is O=c1c2ccccc2c(-c2ccccc2)nn1C[C@@H](O)c1ccc(F)cc1. The van der Waals surface area contributed by atoms with E-state index in [1.807, 2.05) is 42.5 Å². The van der Waals surface area contributed by atoms with Gasteiger partial charge in [0.2, 0.25) is 0 Å². The Morgan fingerprint density at radius 1 is 0.889 bits per heavy atom. The van der Waals surface area contributed by atoms with Crippen molar-refractivity contribution in [1.29, 1.82) is 0 Å². The number of aliphatic hydroxyl groups is 1. The molecule has 0 aliphatic carbocycles. The lowest BCUT2D eigenvalue weighted by Gasteiger charge is -2.15. The number of fused-ring (bicyclic) bond motifs is 1. The molecule has 4 aromatic rings. The van der Waals surface area contributed by atoms with Crippen molar-refractivity contribution in [1.82, 2.24) is 9.78 Å². The number of aliphatic hydroxyl groups excluding tert-OH is 1. The highest BCUT2D eigenvalue weighted by atomic mass is 19.1. The Morgan fingerprint density at radius 2 is 1.52 bits per heavy atom. The van der Waals surface area contributed by atoms with Crippen LogP contribution in [0.25, 0.3) is 22.0 Å². The van der Waals surface area contributed by atoms with Crippen LogP contribution in [0, 0.1) is 5.82 Å². The van der Waals surface area contributed by atoms with Gasteiger partial charge in [-0.15, -0.1) is 0 Å². The van der Waals surface area contributed by atoms with Crippen LogP contribution in [0.4, 0.5) is 4.39 Å². The fourth-order valence-electron chi connectivity index (χ4n) is 3.12. The van der Waals surface area contributed by atoms with Crippen LogP contribution in [0.3, 0.4) is 0 Å². The summed E-state index contributed by atoms with van der Waals surface area (Å²) in [4.78, 5) is 12.9. The van der Waals surface area contributed by atoms with Crippen LogP contribution in [0.2, 0.25) is 0 Å². The van der Waals surface area contributed by atoms with Gasteiger partial charge < -0.3 is 5.11 Å². The Hall–Kier alpha value is -3.31. The second-order valence-corrected chi connectivity index (χ2v) is 6.31. The van der Waals surface area contributed by atoms with E-state index in [0.29, 0.717) is 16.6 Å². The zero-order valence-electron chi connectivity index (χ0n) is 14.4. The lowest BCUT2D eigenvalue weighted by atomic mass is 10.0. The highest BCUT2D eigenvalue weighted by molar-refractivity contribution is 5.93. The van der Waals surface area contributed by atoms with Gasteiger partial charge in [0.1, 0.15) is 5.82 Å². The van der Waals surface area contributed by atoms with Gasteiger partial charge in [-0.2, -0.15) is 5.10 Å². The predicted molar refractivity (Wildman–Crippen MR) is 103 cm³/mol. The minimum Gasteiger partial charge on any atom is -0.386 e. The Kier molecular flexibility index (Phi) is 4.52. The molecule has 1 heterocycles. The summed E-state index contributed by atoms with van der Waals surface area (Å²) in [5.74, 6) is -0.377. The highest BCUT2D eigenvalue weighted by Gasteiger charge is 2.15. The molecule has 0 fully saturated rings. The largest absolute Gasteiger partial charge is 0.386 e. The minimum atomic E-state index is -0.972. The summed E-state index contributed by atoms with van der Waals surface area (Å²) >= 11 is 0. The lowest BCUT2D eigenvalue weighted by Crippen LogP contribution is -2.26. The molecule has 0 unspecified atom stereocenters. The first-order valence-electron chi connectivity index (χ1n) is 8.62. The molecule has 0 saturated heterocycles. The lowest BCUT2D eigenvalue weighted by molar-refractivity contribution is 0.149. The normalized spacial score (nSPS) is 12.2. The van der Waals surface area contributed by atoms with Gasteiger partial charge in [0.25, 0.3) is 5.56 Å². The maximum atomic E-state index is 13.1. The number of halogens is 1. The standard InChI is InChI=1S/C22H17FN2O2/c23-17-12-10-15(11-13-17)20(26)14-25-22(27)19-9-5-4-8-18(19)21(24-25)16-6-2-1-3-7-16/h1-13,20,26H,14H2/t20-/m1/s1. The average Bonchev–Trinajstić information content (AvgIpc) is 2.71. The zero-order valence-corrected chi connectivity index (χ0v) is 14.4. The fraction of sp³-hybridized carbons (Fsp3) is 0.0909. The summed E-state index contributed by atoms with van der Waals surface area (Å²) < 4.78 is 14.4. The van der Waals surface area contributed by atoms with Gasteiger partial charge in [0, 0.05) is 10.9 Å². The monoisotopic (exact) mass is 360 g/mol. The Morgan fingerprint density at radius 3 is 2.22 bits per heavy atom. The number of benzene rings is 3. The fourth-order valence-corrected chi connectivity index (χ4v) is 3.12. The van der Waals surface area contributed by atoms with E-state index in [0.717, 1.165) is 10.9 Å². The maximum Gasteiger partial charge on any atom is 0.274 e. The number of hydrogen-bond acceptors (Lipinski definition) is 3. The van der Waals surface area contributed by atoms with Crippen molar-refractivity contribution in [2.75, 3.05) is 0 Å². The first-order chi connectivity index (χ1) is 13.1. The smallest absolute Gasteiger partial charge is 0.274 e. The van der Waals surface area contributed by atoms with E-state index in [9.17, 15) is 14.3 Å². The molecule has 4 rings (SSSR count). The van der Waals surface area contributed by atoms with Gasteiger partial charge in [-0.1, -0.05) is 60.7 Å². The van der Waals surface area contributed by atoms with Crippen LogP contribution in [0.1, 0.15) is 11.7 Å². The summed E-state index contributed by atoms with van der Waals surface area (Å²) in [6.45, 7) is -0.0187. The van der Waals surface area contributed by atoms with Gasteiger partial charge in [-0.05, 0) is 23.8 Å². The predicted octanol–water partition coefficient (Wildman–Crippen LogP) is 3.94. The van der Waals surface area contributed by atoms with Crippen LogP contribution in [-0.4, -0.2) is 14.9 Å². The molecule has 27 heavy (non-hydrogen) atoms. The molecule has 134 valence electrons. The first-order valence-corrected chi connectivity index (χ1v) is 8.62. The third kappa shape index (κ3) is 3.37. The summed E-state index contributed by atoms with van der Waals surface area (Å²) in [7, 11) is 0. The van der Waals surface area contributed by atoms with E-state index in [2.05, 4.69) is 5.10 Å². The molecular formula is C22H17FN2O2. The van der Waals surface area contributed by atoms with Crippen LogP contribution in [0.5, 0.6) is 0 Å². The third-order valence-corrected chi connectivity index (χ3v) is 4.52. The third-order valence-electron chi connectivity index (χ3n) is 4.52. The maximum absolute atomic E-state index is 13.1. The van der Waals surface area contributed by atoms with Crippen molar-refractivity contribution in [2.24, 2.45) is 0 Å². The van der Waals surface area contributed by atoms with Crippen LogP contribution >= 0.6 is 0 Å². The topological polar surface area (TPSA) is 55.1 Å². The summed E-state index contributed by atoms with van der Waals surface area (Å²) in [5.41, 5.74) is 1.82. The molecule has 0 spiro atoms. The summed E-state index contributed by atoms with van der Waals surface area (Å²) in [6.07, 6.45) is -0.972. The van der Waals surface area contributed by atoms with Gasteiger partial charge in [0.05, 0.1) is 23.7 Å². The molecule has 0 radical (unpaired) electrons. The van der Waals surface area contributed by atoms with E-state index in [4.69, 9.17) is 0 Å². The van der Waals surface area contributed by atoms with E-state index in [1.54, 1.807) is 12.1 Å². The van der Waals surface area contributed by atoms with Gasteiger partial charge in [0.15, 0.2) is 0 Å². The van der Waals surface area contributed by atoms with E-state index < -0.39 is 6.10 Å². The second kappa shape index (κ2) is 7.13. The van der Waals surface area contributed by atoms with Crippen molar-refractivity contribution in [2.45, 2.75) is 12.6 Å². The molecule has 5 heteroatoms. The van der Waals surface area contributed by atoms with Crippen molar-refractivity contribution in [3.8, 4) is 11.3 Å². The van der Waals surface area contributed by atoms with Gasteiger partial charge >= 0.3 is 0 Å². The van der Waals surface area contributed by atoms with Gasteiger partial charge in [-0.3, -0.25) is 4.79 Å². The van der Waals surface area contributed by atoms with Crippen molar-refractivity contribution >= 4 is 10.8 Å². The number of nitrogens with zero attached hydrogens (tertiary/aromatic N) is 2. The van der Waals surface area contributed by atoms with E-state index in [1.165, 1.54) is 28.9 Å². The molecule has 1 N–H and O–H groups in total. The van der Waals surface area contributed by atoms with E-state index >= 15 is 0 Å². The molecule has 1 atom stereocenters. The Bertz CT molecular complexity index is 1140. The summed E-state index contributed by atoms with van der Waals surface area (Å²) in [6, 6.07) is 22.5. The minimum absolute atomic E-state index is 0.0187. The molecule has 0 aliphatic heterocycles. The van der Waals surface area contributed by atoms with E-state index in [-0.39, 0.29) is 17.9 Å². The molecule has 4 nitrogen and oxygen atoms in total. The molecular weight excluding hydrogens is 343 g/mol. The van der Waals surface area contributed by atoms with Crippen LogP contribution < -0.4 is 5.56 Å². The highest BCUT2D eigenvalue weighted by Crippen LogP contribution is 2.25. The second-order valence-electron chi connectivity index (χ2n) is 6.31. The molecule has 0 amide bonds. The van der Waals surface area contributed by atoms with Crippen molar-refractivity contribution in [3.63, 3.8) is 0 Å². The summed E-state index contributed by atoms with van der Waals surface area (Å²) in [5, 5.41) is 16.3. The molecule has 1 aromatic heterocycles. The Labute approximate surface area is 155 Å². The zero-order chi connectivity index (χ0) is 18.8. The molecule has 0 saturated carbocycles. The number of hydrogen-bond donors (Lipinski definition) is 1. The van der Waals surface area contributed by atoms with Crippen LogP contribution in [-0.2, 0) is 6.54 Å². The first kappa shape index (κ1) is 17.1. The number of rotatable bonds is 4. The van der Waals surface area contributed by atoms with Crippen LogP contribution in [0.15, 0.2) is 83.7 Å². The number of aromatic nitrogens is 2. The van der Waals surface area contributed by atoms with Gasteiger partial charge in [-0.25, -0.2) is 9.07 Å². The van der Waals surface area contributed by atoms with Crippen molar-refractivity contribution in [3.05, 3.63) is 101 Å². The molecule has 0 bridgehead atoms. The van der Waals surface area contributed by atoms with Crippen molar-refractivity contribution < 1.29 is 9.50 Å². The molecule has 0 aliphatic rings. The average molecular weight is 360 g/mol. The molecule has 3 aromatic carbocycles. The Balaban J connectivity index is 1.82.